The van der Waals surface area contributed by atoms with Crippen molar-refractivity contribution in [1.29, 1.82) is 5.26 Å². The van der Waals surface area contributed by atoms with Crippen molar-refractivity contribution in [3.05, 3.63) is 47.1 Å². The minimum Gasteiger partial charge on any atom is -0.339 e. The van der Waals surface area contributed by atoms with E-state index in [0.717, 1.165) is 5.56 Å². The molecule has 2 rings (SSSR count). The standard InChI is InChI=1S/C13H13N3O/c1-10-4-2-5-11(8-10)9-12-15-13(17-16-12)6-3-7-14/h2,4-5,8H,3,6,9H2,1H3. The van der Waals surface area contributed by atoms with Crippen molar-refractivity contribution in [3.8, 4) is 6.07 Å². The molecule has 0 N–H and O–H groups in total. The summed E-state index contributed by atoms with van der Waals surface area (Å²) in [6.45, 7) is 2.05. The summed E-state index contributed by atoms with van der Waals surface area (Å²) in [5.74, 6) is 1.21. The number of aromatic nitrogens is 2. The Morgan fingerprint density at radius 2 is 2.29 bits per heavy atom. The number of nitrogens with zero attached hydrogens (tertiary/aromatic N) is 3. The van der Waals surface area contributed by atoms with Gasteiger partial charge in [-0.1, -0.05) is 35.0 Å². The minimum atomic E-state index is 0.409. The molecule has 4 heteroatoms. The molecule has 0 radical (unpaired) electrons. The molecule has 1 aromatic carbocycles. The number of hydrogen-bond acceptors (Lipinski definition) is 4. The summed E-state index contributed by atoms with van der Waals surface area (Å²) < 4.78 is 5.06. The SMILES string of the molecule is Cc1cccc(Cc2noc(CCC#N)n2)c1. The van der Waals surface area contributed by atoms with Crippen molar-refractivity contribution in [1.82, 2.24) is 10.1 Å². The zero-order chi connectivity index (χ0) is 12.1. The molecule has 0 spiro atoms. The lowest BCUT2D eigenvalue weighted by Crippen LogP contribution is -1.92. The van der Waals surface area contributed by atoms with Gasteiger partial charge in [-0.2, -0.15) is 10.2 Å². The van der Waals surface area contributed by atoms with Gasteiger partial charge in [-0.3, -0.25) is 0 Å². The van der Waals surface area contributed by atoms with Crippen LogP contribution in [0.5, 0.6) is 0 Å². The van der Waals surface area contributed by atoms with Gasteiger partial charge in [0.05, 0.1) is 6.07 Å². The molecule has 0 atom stereocenters. The molecule has 2 aromatic rings. The van der Waals surface area contributed by atoms with Gasteiger partial charge in [-0.05, 0) is 12.5 Å². The first-order valence-corrected chi connectivity index (χ1v) is 5.52. The first-order valence-electron chi connectivity index (χ1n) is 5.52. The number of benzene rings is 1. The third kappa shape index (κ3) is 3.15. The van der Waals surface area contributed by atoms with E-state index in [9.17, 15) is 0 Å². The predicted octanol–water partition coefficient (Wildman–Crippen LogP) is 2.43. The summed E-state index contributed by atoms with van der Waals surface area (Å²) in [7, 11) is 0. The van der Waals surface area contributed by atoms with Crippen LogP contribution in [0.4, 0.5) is 0 Å². The average molecular weight is 227 g/mol. The molecule has 0 bridgehead atoms. The van der Waals surface area contributed by atoms with Gasteiger partial charge in [0.15, 0.2) is 5.82 Å². The maximum Gasteiger partial charge on any atom is 0.227 e. The molecule has 0 saturated carbocycles. The Bertz CT molecular complexity index is 540. The Balaban J connectivity index is 2.04. The molecule has 0 unspecified atom stereocenters. The molecule has 1 aromatic heterocycles. The molecule has 0 aliphatic carbocycles. The van der Waals surface area contributed by atoms with Crippen LogP contribution in [0.1, 0.15) is 29.3 Å². The van der Waals surface area contributed by atoms with Gasteiger partial charge in [-0.15, -0.1) is 0 Å². The lowest BCUT2D eigenvalue weighted by Gasteiger charge is -1.97. The second-order valence-electron chi connectivity index (χ2n) is 3.93. The third-order valence-electron chi connectivity index (χ3n) is 2.41. The van der Waals surface area contributed by atoms with Crippen LogP contribution >= 0.6 is 0 Å². The zero-order valence-corrected chi connectivity index (χ0v) is 9.68. The van der Waals surface area contributed by atoms with E-state index in [1.807, 2.05) is 12.1 Å². The van der Waals surface area contributed by atoms with E-state index in [1.165, 1.54) is 5.56 Å². The van der Waals surface area contributed by atoms with E-state index in [2.05, 4.69) is 35.3 Å². The van der Waals surface area contributed by atoms with E-state index < -0.39 is 0 Å². The summed E-state index contributed by atoms with van der Waals surface area (Å²) in [6.07, 6.45) is 1.60. The number of aryl methyl sites for hydroxylation is 2. The van der Waals surface area contributed by atoms with Crippen molar-refractivity contribution in [2.45, 2.75) is 26.2 Å². The van der Waals surface area contributed by atoms with Gasteiger partial charge in [0.1, 0.15) is 0 Å². The van der Waals surface area contributed by atoms with Crippen molar-refractivity contribution < 1.29 is 4.52 Å². The lowest BCUT2D eigenvalue weighted by molar-refractivity contribution is 0.375. The minimum absolute atomic E-state index is 0.409. The maximum atomic E-state index is 8.46. The molecule has 0 saturated heterocycles. The molecular formula is C13H13N3O. The second-order valence-corrected chi connectivity index (χ2v) is 3.93. The zero-order valence-electron chi connectivity index (χ0n) is 9.68. The van der Waals surface area contributed by atoms with Crippen LogP contribution in [0.15, 0.2) is 28.8 Å². The van der Waals surface area contributed by atoms with Crippen LogP contribution in [0.3, 0.4) is 0 Å². The second kappa shape index (κ2) is 5.26. The van der Waals surface area contributed by atoms with Gasteiger partial charge in [0, 0.05) is 19.3 Å². The Morgan fingerprint density at radius 1 is 1.41 bits per heavy atom. The molecule has 0 fully saturated rings. The predicted molar refractivity (Wildman–Crippen MR) is 62.2 cm³/mol. The van der Waals surface area contributed by atoms with Crippen LogP contribution in [-0.4, -0.2) is 10.1 Å². The van der Waals surface area contributed by atoms with Gasteiger partial charge >= 0.3 is 0 Å². The fourth-order valence-electron chi connectivity index (χ4n) is 1.63. The van der Waals surface area contributed by atoms with Crippen molar-refractivity contribution in [3.63, 3.8) is 0 Å². The van der Waals surface area contributed by atoms with E-state index in [-0.39, 0.29) is 0 Å². The van der Waals surface area contributed by atoms with E-state index in [0.29, 0.717) is 31.0 Å². The number of rotatable bonds is 4. The fraction of sp³-hybridized carbons (Fsp3) is 0.308. The Hall–Kier alpha value is -2.15. The van der Waals surface area contributed by atoms with Crippen molar-refractivity contribution in [2.24, 2.45) is 0 Å². The Labute approximate surface area is 99.9 Å². The van der Waals surface area contributed by atoms with Crippen LogP contribution in [0, 0.1) is 18.3 Å². The summed E-state index contributed by atoms with van der Waals surface area (Å²) in [6, 6.07) is 10.3. The Kier molecular flexibility index (Phi) is 3.51. The molecule has 0 amide bonds. The smallest absolute Gasteiger partial charge is 0.227 e. The van der Waals surface area contributed by atoms with Crippen molar-refractivity contribution >= 4 is 0 Å². The largest absolute Gasteiger partial charge is 0.339 e. The third-order valence-corrected chi connectivity index (χ3v) is 2.41. The maximum absolute atomic E-state index is 8.46. The fourth-order valence-corrected chi connectivity index (χ4v) is 1.63. The van der Waals surface area contributed by atoms with Gasteiger partial charge in [0.25, 0.3) is 0 Å². The van der Waals surface area contributed by atoms with E-state index in [1.54, 1.807) is 0 Å². The number of nitriles is 1. The van der Waals surface area contributed by atoms with E-state index in [4.69, 9.17) is 9.78 Å². The highest BCUT2D eigenvalue weighted by Crippen LogP contribution is 2.09. The molecule has 0 aliphatic heterocycles. The normalized spacial score (nSPS) is 10.1. The van der Waals surface area contributed by atoms with Gasteiger partial charge in [0.2, 0.25) is 5.89 Å². The highest BCUT2D eigenvalue weighted by Gasteiger charge is 2.06. The molecule has 86 valence electrons. The molecular weight excluding hydrogens is 214 g/mol. The average Bonchev–Trinajstić information content (AvgIpc) is 2.74. The van der Waals surface area contributed by atoms with Gasteiger partial charge in [-0.25, -0.2) is 0 Å². The molecule has 4 nitrogen and oxygen atoms in total. The quantitative estimate of drug-likeness (QED) is 0.804. The van der Waals surface area contributed by atoms with Crippen LogP contribution in [0.25, 0.3) is 0 Å². The summed E-state index contributed by atoms with van der Waals surface area (Å²) in [5, 5.41) is 12.4. The summed E-state index contributed by atoms with van der Waals surface area (Å²) >= 11 is 0. The first-order chi connectivity index (χ1) is 8.28. The summed E-state index contributed by atoms with van der Waals surface area (Å²) in [4.78, 5) is 4.24. The Morgan fingerprint density at radius 3 is 3.06 bits per heavy atom. The summed E-state index contributed by atoms with van der Waals surface area (Å²) in [5.41, 5.74) is 2.38. The molecule has 1 heterocycles. The van der Waals surface area contributed by atoms with E-state index >= 15 is 0 Å². The lowest BCUT2D eigenvalue weighted by atomic mass is 10.1. The van der Waals surface area contributed by atoms with Crippen LogP contribution < -0.4 is 0 Å². The number of hydrogen-bond donors (Lipinski definition) is 0. The monoisotopic (exact) mass is 227 g/mol. The van der Waals surface area contributed by atoms with Crippen LogP contribution in [0.2, 0.25) is 0 Å². The molecule has 0 aliphatic rings. The highest BCUT2D eigenvalue weighted by atomic mass is 16.5. The van der Waals surface area contributed by atoms with Crippen molar-refractivity contribution in [2.75, 3.05) is 0 Å². The first kappa shape index (κ1) is 11.3. The topological polar surface area (TPSA) is 62.7 Å². The van der Waals surface area contributed by atoms with Crippen LogP contribution in [-0.2, 0) is 12.8 Å². The molecule has 17 heavy (non-hydrogen) atoms. The highest BCUT2D eigenvalue weighted by molar-refractivity contribution is 5.24. The van der Waals surface area contributed by atoms with Gasteiger partial charge < -0.3 is 4.52 Å².